The normalized spacial score (nSPS) is 21.5. The molecule has 1 heterocycles. The monoisotopic (exact) mass is 304 g/mol. The van der Waals surface area contributed by atoms with Crippen molar-refractivity contribution in [2.75, 3.05) is 24.6 Å². The average Bonchev–Trinajstić information content (AvgIpc) is 2.41. The molecule has 19 heavy (non-hydrogen) atoms. The van der Waals surface area contributed by atoms with Crippen LogP contribution in [0, 0.1) is 5.82 Å². The smallest absolute Gasteiger partial charge is 0.246 e. The van der Waals surface area contributed by atoms with Crippen LogP contribution in [0.1, 0.15) is 13.3 Å². The van der Waals surface area contributed by atoms with Gasteiger partial charge in [0.1, 0.15) is 10.7 Å². The Hall–Kier alpha value is -0.790. The Morgan fingerprint density at radius 1 is 1.53 bits per heavy atom. The van der Waals surface area contributed by atoms with Crippen LogP contribution in [0.15, 0.2) is 23.1 Å². The Balaban J connectivity index is 2.34. The minimum Gasteiger partial charge on any atom is -0.399 e. The predicted octanol–water partition coefficient (Wildman–Crippen LogP) is 1.92. The highest BCUT2D eigenvalue weighted by Crippen LogP contribution is 2.28. The van der Waals surface area contributed by atoms with Crippen LogP contribution in [0.25, 0.3) is 0 Å². The fourth-order valence-corrected chi connectivity index (χ4v) is 4.99. The number of benzene rings is 1. The topological polar surface area (TPSA) is 63.4 Å². The first kappa shape index (κ1) is 14.6. The first-order valence-corrected chi connectivity index (χ1v) is 8.60. The van der Waals surface area contributed by atoms with E-state index < -0.39 is 15.8 Å². The van der Waals surface area contributed by atoms with E-state index in [0.717, 1.165) is 18.2 Å². The van der Waals surface area contributed by atoms with Gasteiger partial charge >= 0.3 is 0 Å². The number of nitrogens with two attached hydrogens (primary N) is 1. The van der Waals surface area contributed by atoms with Crippen molar-refractivity contribution in [3.63, 3.8) is 0 Å². The zero-order valence-electron chi connectivity index (χ0n) is 10.7. The number of halogens is 1. The van der Waals surface area contributed by atoms with Gasteiger partial charge in [0.15, 0.2) is 0 Å². The van der Waals surface area contributed by atoms with Crippen molar-refractivity contribution in [1.29, 1.82) is 0 Å². The molecule has 1 unspecified atom stereocenters. The molecule has 0 aliphatic carbocycles. The van der Waals surface area contributed by atoms with Crippen LogP contribution in [-0.2, 0) is 10.0 Å². The third kappa shape index (κ3) is 3.04. The minimum absolute atomic E-state index is 0.249. The number of sulfonamides is 1. The van der Waals surface area contributed by atoms with Crippen LogP contribution < -0.4 is 5.73 Å². The molecule has 0 bridgehead atoms. The van der Waals surface area contributed by atoms with Crippen molar-refractivity contribution in [3.05, 3.63) is 24.0 Å². The summed E-state index contributed by atoms with van der Waals surface area (Å²) in [7, 11) is -3.79. The standard InChI is InChI=1S/C12H17FN2O2S2/c1-2-10-8-15(5-6-18-10)19(16,17)12-7-9(14)3-4-11(12)13/h3-4,7,10H,2,5-6,8,14H2,1H3. The highest BCUT2D eigenvalue weighted by Gasteiger charge is 2.31. The molecule has 1 aromatic carbocycles. The van der Waals surface area contributed by atoms with Crippen LogP contribution in [0.2, 0.25) is 0 Å². The first-order valence-electron chi connectivity index (χ1n) is 6.12. The molecule has 0 radical (unpaired) electrons. The summed E-state index contributed by atoms with van der Waals surface area (Å²) in [5, 5.41) is 0.271. The van der Waals surface area contributed by atoms with Gasteiger partial charge in [-0.25, -0.2) is 12.8 Å². The summed E-state index contributed by atoms with van der Waals surface area (Å²) in [6.07, 6.45) is 0.899. The van der Waals surface area contributed by atoms with Gasteiger partial charge in [0.05, 0.1) is 0 Å². The highest BCUT2D eigenvalue weighted by atomic mass is 32.2. The van der Waals surface area contributed by atoms with Crippen molar-refractivity contribution in [2.24, 2.45) is 0 Å². The Labute approximate surface area is 117 Å². The molecule has 1 saturated heterocycles. The van der Waals surface area contributed by atoms with Gasteiger partial charge in [-0.05, 0) is 24.6 Å². The molecule has 106 valence electrons. The van der Waals surface area contributed by atoms with Gasteiger partial charge in [-0.3, -0.25) is 0 Å². The first-order chi connectivity index (χ1) is 8.95. The number of nitrogen functional groups attached to an aromatic ring is 1. The van der Waals surface area contributed by atoms with E-state index in [-0.39, 0.29) is 15.8 Å². The number of nitrogens with zero attached hydrogens (tertiary/aromatic N) is 1. The number of hydrogen-bond acceptors (Lipinski definition) is 4. The van der Waals surface area contributed by atoms with E-state index in [2.05, 4.69) is 0 Å². The number of anilines is 1. The fourth-order valence-electron chi connectivity index (χ4n) is 2.01. The fraction of sp³-hybridized carbons (Fsp3) is 0.500. The maximum Gasteiger partial charge on any atom is 0.246 e. The number of rotatable bonds is 3. The van der Waals surface area contributed by atoms with Gasteiger partial charge in [0.2, 0.25) is 10.0 Å². The van der Waals surface area contributed by atoms with Crippen molar-refractivity contribution >= 4 is 27.5 Å². The zero-order valence-corrected chi connectivity index (χ0v) is 12.3. The molecule has 2 rings (SSSR count). The lowest BCUT2D eigenvalue weighted by Crippen LogP contribution is -2.41. The minimum atomic E-state index is -3.79. The molecule has 0 amide bonds. The molecule has 0 spiro atoms. The molecule has 0 saturated carbocycles. The Kier molecular flexibility index (Phi) is 4.37. The highest BCUT2D eigenvalue weighted by molar-refractivity contribution is 8.00. The molecular weight excluding hydrogens is 287 g/mol. The summed E-state index contributed by atoms with van der Waals surface area (Å²) in [5.41, 5.74) is 5.80. The number of thioether (sulfide) groups is 1. The molecule has 1 atom stereocenters. The quantitative estimate of drug-likeness (QED) is 0.867. The molecule has 4 nitrogen and oxygen atoms in total. The largest absolute Gasteiger partial charge is 0.399 e. The molecule has 7 heteroatoms. The van der Waals surface area contributed by atoms with Crippen molar-refractivity contribution in [2.45, 2.75) is 23.5 Å². The van der Waals surface area contributed by atoms with Crippen LogP contribution in [0.3, 0.4) is 0 Å². The Morgan fingerprint density at radius 2 is 2.26 bits per heavy atom. The predicted molar refractivity (Wildman–Crippen MR) is 76.1 cm³/mol. The molecule has 1 aliphatic rings. The van der Waals surface area contributed by atoms with E-state index >= 15 is 0 Å². The van der Waals surface area contributed by atoms with Crippen LogP contribution >= 0.6 is 11.8 Å². The third-order valence-electron chi connectivity index (χ3n) is 3.13. The van der Waals surface area contributed by atoms with E-state index in [1.807, 2.05) is 6.92 Å². The van der Waals surface area contributed by atoms with Crippen molar-refractivity contribution in [1.82, 2.24) is 4.31 Å². The third-order valence-corrected chi connectivity index (χ3v) is 6.38. The lowest BCUT2D eigenvalue weighted by molar-refractivity contribution is 0.412. The summed E-state index contributed by atoms with van der Waals surface area (Å²) >= 11 is 1.76. The summed E-state index contributed by atoms with van der Waals surface area (Å²) in [6.45, 7) is 2.87. The van der Waals surface area contributed by atoms with Gasteiger partial charge in [-0.15, -0.1) is 0 Å². The SMILES string of the molecule is CCC1CN(S(=O)(=O)c2cc(N)ccc2F)CCS1. The molecular formula is C12H17FN2O2S2. The van der Waals surface area contributed by atoms with Crippen molar-refractivity contribution < 1.29 is 12.8 Å². The second kappa shape index (κ2) is 5.68. The molecule has 1 fully saturated rings. The maximum absolute atomic E-state index is 13.7. The molecule has 1 aromatic rings. The van der Waals surface area contributed by atoms with Crippen molar-refractivity contribution in [3.8, 4) is 0 Å². The van der Waals surface area contributed by atoms with E-state index in [1.165, 1.54) is 16.4 Å². The van der Waals surface area contributed by atoms with Gasteiger partial charge in [-0.1, -0.05) is 6.92 Å². The second-order valence-electron chi connectivity index (χ2n) is 4.45. The lowest BCUT2D eigenvalue weighted by atomic mass is 10.3. The Morgan fingerprint density at radius 3 is 2.95 bits per heavy atom. The van der Waals surface area contributed by atoms with Gasteiger partial charge in [0, 0.05) is 29.8 Å². The lowest BCUT2D eigenvalue weighted by Gasteiger charge is -2.31. The van der Waals surface area contributed by atoms with E-state index in [0.29, 0.717) is 13.1 Å². The van der Waals surface area contributed by atoms with Crippen LogP contribution in [0.4, 0.5) is 10.1 Å². The van der Waals surface area contributed by atoms with Gasteiger partial charge in [-0.2, -0.15) is 16.1 Å². The van der Waals surface area contributed by atoms with E-state index in [4.69, 9.17) is 5.73 Å². The summed E-state index contributed by atoms with van der Waals surface area (Å²) < 4.78 is 40.0. The Bertz CT molecular complexity index is 563. The zero-order chi connectivity index (χ0) is 14.0. The summed E-state index contributed by atoms with van der Waals surface area (Å²) in [5.74, 6) is -0.0118. The number of hydrogen-bond donors (Lipinski definition) is 1. The van der Waals surface area contributed by atoms with Gasteiger partial charge in [0.25, 0.3) is 0 Å². The van der Waals surface area contributed by atoms with Crippen LogP contribution in [-0.4, -0.2) is 36.8 Å². The maximum atomic E-state index is 13.7. The molecule has 0 aromatic heterocycles. The molecule has 2 N–H and O–H groups in total. The molecule has 1 aliphatic heterocycles. The van der Waals surface area contributed by atoms with Gasteiger partial charge < -0.3 is 5.73 Å². The average molecular weight is 304 g/mol. The second-order valence-corrected chi connectivity index (χ2v) is 7.77. The van der Waals surface area contributed by atoms with E-state index in [9.17, 15) is 12.8 Å². The van der Waals surface area contributed by atoms with Crippen LogP contribution in [0.5, 0.6) is 0 Å². The van der Waals surface area contributed by atoms with E-state index in [1.54, 1.807) is 11.8 Å². The summed E-state index contributed by atoms with van der Waals surface area (Å²) in [4.78, 5) is -0.325. The summed E-state index contributed by atoms with van der Waals surface area (Å²) in [6, 6.07) is 3.64.